The lowest BCUT2D eigenvalue weighted by Gasteiger charge is -2.13. The van der Waals surface area contributed by atoms with Crippen LogP contribution in [-0.4, -0.2) is 24.5 Å². The highest BCUT2D eigenvalue weighted by Gasteiger charge is 2.13. The average molecular weight is 532 g/mol. The van der Waals surface area contributed by atoms with Crippen molar-refractivity contribution in [2.75, 3.05) is 0 Å². The molecule has 0 saturated heterocycles. The molecule has 0 spiro atoms. The van der Waals surface area contributed by atoms with Crippen LogP contribution in [0.4, 0.5) is 0 Å². The van der Waals surface area contributed by atoms with Crippen LogP contribution in [-0.2, 0) is 25.3 Å². The van der Waals surface area contributed by atoms with Crippen molar-refractivity contribution in [2.24, 2.45) is 0 Å². The van der Waals surface area contributed by atoms with E-state index in [1.165, 1.54) is 17.3 Å². The van der Waals surface area contributed by atoms with Gasteiger partial charge in [0, 0.05) is 23.0 Å². The van der Waals surface area contributed by atoms with Crippen LogP contribution in [0.1, 0.15) is 16.8 Å². The van der Waals surface area contributed by atoms with Crippen molar-refractivity contribution >= 4 is 38.6 Å². The van der Waals surface area contributed by atoms with Gasteiger partial charge in [-0.3, -0.25) is 9.36 Å². The van der Waals surface area contributed by atoms with E-state index < -0.39 is 0 Å². The highest BCUT2D eigenvalue weighted by molar-refractivity contribution is 9.10. The van der Waals surface area contributed by atoms with Crippen LogP contribution in [0.3, 0.4) is 0 Å². The van der Waals surface area contributed by atoms with Crippen molar-refractivity contribution in [1.29, 1.82) is 0 Å². The number of thioether (sulfide) groups is 1. The summed E-state index contributed by atoms with van der Waals surface area (Å²) in [6.45, 7) is 1.22. The minimum atomic E-state index is -0.0112. The van der Waals surface area contributed by atoms with E-state index in [-0.39, 0.29) is 5.56 Å². The molecule has 0 radical (unpaired) electrons. The number of hydrogen-bond acceptors (Lipinski definition) is 5. The monoisotopic (exact) mass is 531 g/mol. The van der Waals surface area contributed by atoms with Gasteiger partial charge in [-0.05, 0) is 41.8 Å². The number of aryl methyl sites for hydroxylation is 1. The summed E-state index contributed by atoms with van der Waals surface area (Å²) in [5.41, 5.74) is 3.89. The molecule has 3 aromatic carbocycles. The van der Waals surface area contributed by atoms with Crippen molar-refractivity contribution in [3.63, 3.8) is 0 Å². The van der Waals surface area contributed by atoms with E-state index in [4.69, 9.17) is 4.98 Å². The molecular formula is C26H22BrN5OS. The first-order valence-corrected chi connectivity index (χ1v) is 12.7. The molecule has 0 fully saturated rings. The lowest BCUT2D eigenvalue weighted by Crippen LogP contribution is -2.24. The van der Waals surface area contributed by atoms with Gasteiger partial charge in [0.1, 0.15) is 0 Å². The second-order valence-corrected chi connectivity index (χ2v) is 9.78. The molecule has 2 heterocycles. The van der Waals surface area contributed by atoms with E-state index in [1.54, 1.807) is 4.57 Å². The molecule has 0 saturated carbocycles. The van der Waals surface area contributed by atoms with Gasteiger partial charge in [-0.15, -0.1) is 5.10 Å². The number of para-hydroxylation sites is 1. The Morgan fingerprint density at radius 2 is 1.65 bits per heavy atom. The Morgan fingerprint density at radius 1 is 0.882 bits per heavy atom. The molecule has 34 heavy (non-hydrogen) atoms. The number of benzene rings is 3. The summed E-state index contributed by atoms with van der Waals surface area (Å²) >= 11 is 4.98. The molecule has 0 bridgehead atoms. The summed E-state index contributed by atoms with van der Waals surface area (Å²) in [5, 5.41) is 9.92. The number of fused-ring (bicyclic) bond motifs is 1. The molecule has 0 unspecified atom stereocenters. The fraction of sp³-hybridized carbons (Fsp3) is 0.154. The Bertz CT molecular complexity index is 1460. The fourth-order valence-electron chi connectivity index (χ4n) is 3.74. The van der Waals surface area contributed by atoms with Gasteiger partial charge in [-0.25, -0.2) is 9.67 Å². The SMILES string of the molecule is O=c1c2ccccc2nc(SCc2cn(Cc3ccc(Br)cc3)nn2)n1CCc1ccccc1. The summed E-state index contributed by atoms with van der Waals surface area (Å²) in [6, 6.07) is 25.9. The number of hydrogen-bond donors (Lipinski definition) is 0. The molecule has 0 amide bonds. The third-order valence-electron chi connectivity index (χ3n) is 5.49. The summed E-state index contributed by atoms with van der Waals surface area (Å²) in [7, 11) is 0. The largest absolute Gasteiger partial charge is 0.287 e. The molecule has 2 aromatic heterocycles. The Kier molecular flexibility index (Phi) is 6.87. The molecule has 0 aliphatic carbocycles. The van der Waals surface area contributed by atoms with Crippen LogP contribution in [0.2, 0.25) is 0 Å². The van der Waals surface area contributed by atoms with E-state index in [2.05, 4.69) is 50.5 Å². The molecule has 0 aliphatic heterocycles. The summed E-state index contributed by atoms with van der Waals surface area (Å²) in [5.74, 6) is 0.580. The normalized spacial score (nSPS) is 11.2. The Balaban J connectivity index is 1.36. The minimum absolute atomic E-state index is 0.0112. The van der Waals surface area contributed by atoms with E-state index in [0.717, 1.165) is 22.2 Å². The maximum atomic E-state index is 13.3. The van der Waals surface area contributed by atoms with E-state index in [0.29, 0.717) is 34.9 Å². The van der Waals surface area contributed by atoms with Gasteiger partial charge in [-0.2, -0.15) is 0 Å². The number of aromatic nitrogens is 5. The van der Waals surface area contributed by atoms with Crippen molar-refractivity contribution in [1.82, 2.24) is 24.5 Å². The van der Waals surface area contributed by atoms with Gasteiger partial charge in [0.15, 0.2) is 5.16 Å². The van der Waals surface area contributed by atoms with Crippen LogP contribution in [0.15, 0.2) is 99.5 Å². The lowest BCUT2D eigenvalue weighted by molar-refractivity contribution is 0.595. The molecular weight excluding hydrogens is 510 g/mol. The van der Waals surface area contributed by atoms with E-state index in [1.807, 2.05) is 65.5 Å². The fourth-order valence-corrected chi connectivity index (χ4v) is 4.90. The Hall–Kier alpha value is -3.23. The zero-order chi connectivity index (χ0) is 23.3. The first-order valence-electron chi connectivity index (χ1n) is 11.0. The van der Waals surface area contributed by atoms with Crippen molar-refractivity contribution in [3.05, 3.63) is 117 Å². The van der Waals surface area contributed by atoms with Crippen LogP contribution in [0.5, 0.6) is 0 Å². The highest BCUT2D eigenvalue weighted by Crippen LogP contribution is 2.22. The Morgan fingerprint density at radius 3 is 2.47 bits per heavy atom. The van der Waals surface area contributed by atoms with Crippen molar-refractivity contribution < 1.29 is 0 Å². The van der Waals surface area contributed by atoms with E-state index in [9.17, 15) is 4.79 Å². The number of halogens is 1. The molecule has 0 atom stereocenters. The summed E-state index contributed by atoms with van der Waals surface area (Å²) in [6.07, 6.45) is 2.71. The summed E-state index contributed by atoms with van der Waals surface area (Å²) < 4.78 is 4.66. The minimum Gasteiger partial charge on any atom is -0.287 e. The van der Waals surface area contributed by atoms with E-state index >= 15 is 0 Å². The van der Waals surface area contributed by atoms with Crippen LogP contribution in [0, 0.1) is 0 Å². The predicted octanol–water partition coefficient (Wildman–Crippen LogP) is 5.33. The average Bonchev–Trinajstić information content (AvgIpc) is 3.31. The number of nitrogens with zero attached hydrogens (tertiary/aromatic N) is 5. The molecule has 6 nitrogen and oxygen atoms in total. The molecule has 0 aliphatic rings. The van der Waals surface area contributed by atoms with Crippen molar-refractivity contribution in [2.45, 2.75) is 30.4 Å². The second kappa shape index (κ2) is 10.4. The van der Waals surface area contributed by atoms with Gasteiger partial charge >= 0.3 is 0 Å². The topological polar surface area (TPSA) is 65.6 Å². The molecule has 0 N–H and O–H groups in total. The lowest BCUT2D eigenvalue weighted by atomic mass is 10.1. The third kappa shape index (κ3) is 5.29. The van der Waals surface area contributed by atoms with Gasteiger partial charge in [0.05, 0.1) is 23.1 Å². The first-order chi connectivity index (χ1) is 16.7. The quantitative estimate of drug-likeness (QED) is 0.200. The zero-order valence-corrected chi connectivity index (χ0v) is 20.7. The third-order valence-corrected chi connectivity index (χ3v) is 7.03. The zero-order valence-electron chi connectivity index (χ0n) is 18.3. The maximum Gasteiger partial charge on any atom is 0.262 e. The molecule has 5 rings (SSSR count). The molecule has 8 heteroatoms. The second-order valence-electron chi connectivity index (χ2n) is 7.93. The van der Waals surface area contributed by atoms with Crippen LogP contribution >= 0.6 is 27.7 Å². The maximum absolute atomic E-state index is 13.3. The van der Waals surface area contributed by atoms with Gasteiger partial charge < -0.3 is 0 Å². The number of rotatable bonds is 8. The first kappa shape index (κ1) is 22.6. The summed E-state index contributed by atoms with van der Waals surface area (Å²) in [4.78, 5) is 18.1. The molecule has 170 valence electrons. The van der Waals surface area contributed by atoms with Crippen LogP contribution < -0.4 is 5.56 Å². The van der Waals surface area contributed by atoms with Crippen LogP contribution in [0.25, 0.3) is 10.9 Å². The standard InChI is InChI=1S/C26H22BrN5OS/c27-21-12-10-20(11-13-21)16-31-17-22(29-30-31)18-34-26-28-24-9-5-4-8-23(24)25(33)32(26)15-14-19-6-2-1-3-7-19/h1-13,17H,14-16,18H2. The Labute approximate surface area is 209 Å². The highest BCUT2D eigenvalue weighted by atomic mass is 79.9. The van der Waals surface area contributed by atoms with Crippen molar-refractivity contribution in [3.8, 4) is 0 Å². The predicted molar refractivity (Wildman–Crippen MR) is 139 cm³/mol. The van der Waals surface area contributed by atoms with Gasteiger partial charge in [-0.1, -0.05) is 87.5 Å². The smallest absolute Gasteiger partial charge is 0.262 e. The van der Waals surface area contributed by atoms with Gasteiger partial charge in [0.25, 0.3) is 5.56 Å². The van der Waals surface area contributed by atoms with Gasteiger partial charge in [0.2, 0.25) is 0 Å². The molecule has 5 aromatic rings.